The number of piperazine rings is 1. The Bertz CT molecular complexity index is 282. The predicted octanol–water partition coefficient (Wildman–Crippen LogP) is 1.40. The Morgan fingerprint density at radius 2 is 2.06 bits per heavy atom. The number of nitrogens with one attached hydrogen (secondary N) is 1. The molecular formula is C13H26N2O2. The van der Waals surface area contributed by atoms with Gasteiger partial charge in [-0.05, 0) is 34.6 Å². The number of nitrogens with zero attached hydrogens (tertiary/aromatic N) is 1. The maximum absolute atomic E-state index is 11.4. The Labute approximate surface area is 105 Å². The summed E-state index contributed by atoms with van der Waals surface area (Å²) in [6.07, 6.45) is 0.437. The van der Waals surface area contributed by atoms with Crippen LogP contribution >= 0.6 is 0 Å². The molecule has 4 heteroatoms. The third-order valence-corrected chi connectivity index (χ3v) is 3.21. The Morgan fingerprint density at radius 1 is 1.47 bits per heavy atom. The monoisotopic (exact) mass is 242 g/mol. The lowest BCUT2D eigenvalue weighted by molar-refractivity contribution is -0.141. The quantitative estimate of drug-likeness (QED) is 0.743. The van der Waals surface area contributed by atoms with Crippen LogP contribution in [0, 0.1) is 0 Å². The third kappa shape index (κ3) is 4.28. The summed E-state index contributed by atoms with van der Waals surface area (Å²) in [6, 6.07) is 0.172. The molecule has 1 fully saturated rings. The standard InChI is InChI=1S/C13H26N2O2/c1-12(2,3)15-8-10(7-11(16)17-6)14-13(4,5)9-15/h10,14H,7-9H2,1-6H3. The number of ether oxygens (including phenoxy) is 1. The van der Waals surface area contributed by atoms with Crippen molar-refractivity contribution in [3.63, 3.8) is 0 Å². The molecule has 1 aliphatic rings. The molecule has 17 heavy (non-hydrogen) atoms. The van der Waals surface area contributed by atoms with Gasteiger partial charge >= 0.3 is 5.97 Å². The first-order valence-electron chi connectivity index (χ1n) is 6.23. The molecule has 1 saturated heterocycles. The highest BCUT2D eigenvalue weighted by molar-refractivity contribution is 5.70. The van der Waals surface area contributed by atoms with E-state index in [4.69, 9.17) is 4.74 Å². The minimum absolute atomic E-state index is 0.0320. The molecule has 0 aromatic heterocycles. The zero-order chi connectivity index (χ0) is 13.3. The number of rotatable bonds is 2. The topological polar surface area (TPSA) is 41.6 Å². The summed E-state index contributed by atoms with van der Waals surface area (Å²) in [4.78, 5) is 13.8. The van der Waals surface area contributed by atoms with Crippen LogP contribution in [0.2, 0.25) is 0 Å². The van der Waals surface area contributed by atoms with Gasteiger partial charge in [-0.2, -0.15) is 0 Å². The SMILES string of the molecule is COC(=O)CC1CN(C(C)(C)C)CC(C)(C)N1. The molecule has 4 nitrogen and oxygen atoms in total. The van der Waals surface area contributed by atoms with Gasteiger partial charge in [-0.3, -0.25) is 9.69 Å². The lowest BCUT2D eigenvalue weighted by Gasteiger charge is -2.49. The fourth-order valence-corrected chi connectivity index (χ4v) is 2.36. The Morgan fingerprint density at radius 3 is 2.53 bits per heavy atom. The highest BCUT2D eigenvalue weighted by Crippen LogP contribution is 2.23. The lowest BCUT2D eigenvalue weighted by atomic mass is 9.92. The number of esters is 1. The molecular weight excluding hydrogens is 216 g/mol. The van der Waals surface area contributed by atoms with Crippen LogP contribution in [0.15, 0.2) is 0 Å². The van der Waals surface area contributed by atoms with E-state index in [1.54, 1.807) is 0 Å². The highest BCUT2D eigenvalue weighted by Gasteiger charge is 2.37. The summed E-state index contributed by atoms with van der Waals surface area (Å²) in [5, 5.41) is 3.52. The van der Waals surface area contributed by atoms with Crippen molar-refractivity contribution in [1.82, 2.24) is 10.2 Å². The van der Waals surface area contributed by atoms with Crippen molar-refractivity contribution in [1.29, 1.82) is 0 Å². The van der Waals surface area contributed by atoms with E-state index < -0.39 is 0 Å². The summed E-state index contributed by atoms with van der Waals surface area (Å²) in [6.45, 7) is 12.9. The highest BCUT2D eigenvalue weighted by atomic mass is 16.5. The second kappa shape index (κ2) is 4.94. The van der Waals surface area contributed by atoms with Crippen molar-refractivity contribution < 1.29 is 9.53 Å². The van der Waals surface area contributed by atoms with Gasteiger partial charge in [0, 0.05) is 30.2 Å². The van der Waals surface area contributed by atoms with Gasteiger partial charge in [0.1, 0.15) is 0 Å². The van der Waals surface area contributed by atoms with E-state index in [0.717, 1.165) is 13.1 Å². The van der Waals surface area contributed by atoms with E-state index in [0.29, 0.717) is 6.42 Å². The fourth-order valence-electron chi connectivity index (χ4n) is 2.36. The summed E-state index contributed by atoms with van der Waals surface area (Å²) in [5.74, 6) is -0.144. The average molecular weight is 242 g/mol. The maximum atomic E-state index is 11.4. The van der Waals surface area contributed by atoms with Gasteiger partial charge in [-0.1, -0.05) is 0 Å². The largest absolute Gasteiger partial charge is 0.469 e. The molecule has 1 heterocycles. The predicted molar refractivity (Wildman–Crippen MR) is 69.0 cm³/mol. The number of methoxy groups -OCH3 is 1. The number of carbonyl (C=O) groups excluding carboxylic acids is 1. The van der Waals surface area contributed by atoms with Crippen LogP contribution in [0.5, 0.6) is 0 Å². The molecule has 0 aromatic carbocycles. The Balaban J connectivity index is 2.71. The molecule has 0 spiro atoms. The van der Waals surface area contributed by atoms with Gasteiger partial charge in [0.15, 0.2) is 0 Å². The van der Waals surface area contributed by atoms with E-state index in [2.05, 4.69) is 44.8 Å². The fraction of sp³-hybridized carbons (Fsp3) is 0.923. The number of hydrogen-bond donors (Lipinski definition) is 1. The van der Waals surface area contributed by atoms with Crippen LogP contribution < -0.4 is 5.32 Å². The van der Waals surface area contributed by atoms with Crippen molar-refractivity contribution in [2.45, 2.75) is 58.2 Å². The van der Waals surface area contributed by atoms with Crippen LogP contribution in [-0.4, -0.2) is 48.2 Å². The Hall–Kier alpha value is -0.610. The van der Waals surface area contributed by atoms with Crippen molar-refractivity contribution >= 4 is 5.97 Å². The van der Waals surface area contributed by atoms with Crippen molar-refractivity contribution in [3.8, 4) is 0 Å². The Kier molecular flexibility index (Phi) is 4.20. The first-order chi connectivity index (χ1) is 7.64. The minimum atomic E-state index is -0.144. The molecule has 1 aliphatic heterocycles. The number of carbonyl (C=O) groups is 1. The zero-order valence-electron chi connectivity index (χ0n) is 12.0. The summed E-state index contributed by atoms with van der Waals surface area (Å²) in [5.41, 5.74) is 0.165. The molecule has 0 bridgehead atoms. The third-order valence-electron chi connectivity index (χ3n) is 3.21. The molecule has 0 aliphatic carbocycles. The van der Waals surface area contributed by atoms with Crippen LogP contribution in [0.4, 0.5) is 0 Å². The van der Waals surface area contributed by atoms with E-state index in [9.17, 15) is 4.79 Å². The molecule has 1 atom stereocenters. The molecule has 1 rings (SSSR count). The van der Waals surface area contributed by atoms with Crippen LogP contribution in [0.25, 0.3) is 0 Å². The van der Waals surface area contributed by atoms with Gasteiger partial charge in [-0.25, -0.2) is 0 Å². The maximum Gasteiger partial charge on any atom is 0.307 e. The second-order valence-corrected chi connectivity index (χ2v) is 6.56. The normalized spacial score (nSPS) is 25.6. The van der Waals surface area contributed by atoms with Gasteiger partial charge in [-0.15, -0.1) is 0 Å². The first kappa shape index (κ1) is 14.5. The zero-order valence-corrected chi connectivity index (χ0v) is 12.0. The molecule has 100 valence electrons. The van der Waals surface area contributed by atoms with Gasteiger partial charge in [0.2, 0.25) is 0 Å². The van der Waals surface area contributed by atoms with Gasteiger partial charge < -0.3 is 10.1 Å². The van der Waals surface area contributed by atoms with Gasteiger partial charge in [0.25, 0.3) is 0 Å². The number of hydrogen-bond acceptors (Lipinski definition) is 4. The minimum Gasteiger partial charge on any atom is -0.469 e. The van der Waals surface area contributed by atoms with Crippen LogP contribution in [0.3, 0.4) is 0 Å². The van der Waals surface area contributed by atoms with Crippen molar-refractivity contribution in [2.24, 2.45) is 0 Å². The molecule has 0 amide bonds. The van der Waals surface area contributed by atoms with Crippen LogP contribution in [0.1, 0.15) is 41.0 Å². The van der Waals surface area contributed by atoms with Gasteiger partial charge in [0.05, 0.1) is 13.5 Å². The smallest absolute Gasteiger partial charge is 0.307 e. The molecule has 1 unspecified atom stereocenters. The summed E-state index contributed by atoms with van der Waals surface area (Å²) in [7, 11) is 1.44. The summed E-state index contributed by atoms with van der Waals surface area (Å²) >= 11 is 0. The van der Waals surface area contributed by atoms with Crippen molar-refractivity contribution in [3.05, 3.63) is 0 Å². The molecule has 0 saturated carbocycles. The average Bonchev–Trinajstić information content (AvgIpc) is 2.13. The van der Waals surface area contributed by atoms with E-state index in [-0.39, 0.29) is 23.1 Å². The second-order valence-electron chi connectivity index (χ2n) is 6.56. The van der Waals surface area contributed by atoms with E-state index in [1.165, 1.54) is 7.11 Å². The summed E-state index contributed by atoms with van der Waals surface area (Å²) < 4.78 is 4.74. The molecule has 1 N–H and O–H groups in total. The lowest BCUT2D eigenvalue weighted by Crippen LogP contribution is -2.65. The molecule has 0 aromatic rings. The van der Waals surface area contributed by atoms with Crippen LogP contribution in [-0.2, 0) is 9.53 Å². The van der Waals surface area contributed by atoms with Crippen molar-refractivity contribution in [2.75, 3.05) is 20.2 Å². The van der Waals surface area contributed by atoms with E-state index in [1.807, 2.05) is 0 Å². The molecule has 0 radical (unpaired) electrons. The first-order valence-corrected chi connectivity index (χ1v) is 6.23. The van der Waals surface area contributed by atoms with E-state index >= 15 is 0 Å².